The molecule has 0 fully saturated rings. The van der Waals surface area contributed by atoms with Gasteiger partial charge in [0.25, 0.3) is 5.91 Å². The van der Waals surface area contributed by atoms with Crippen molar-refractivity contribution in [2.24, 2.45) is 0 Å². The summed E-state index contributed by atoms with van der Waals surface area (Å²) in [6.45, 7) is 0.126. The lowest BCUT2D eigenvalue weighted by Crippen LogP contribution is -2.35. The molecule has 1 aromatic heterocycles. The molecule has 1 N–H and O–H groups in total. The molecule has 2 heterocycles. The molecule has 146 valence electrons. The first-order chi connectivity index (χ1) is 13.0. The van der Waals surface area contributed by atoms with Crippen LogP contribution in [0.25, 0.3) is 0 Å². The van der Waals surface area contributed by atoms with Crippen LogP contribution in [0.15, 0.2) is 29.1 Å². The standard InChI is InChI=1S/C18H22F2N4O3/c1-2-9-24-18(26)23-10-8-13(6-7-15(23)22-24)21-16(25)12-4-3-5-14(11-12)27-17(19)20/h3-5,11,13,17H,2,6-10H2,1H3,(H,21,25). The van der Waals surface area contributed by atoms with Crippen LogP contribution in [-0.4, -0.2) is 32.9 Å². The Morgan fingerprint density at radius 3 is 2.96 bits per heavy atom. The van der Waals surface area contributed by atoms with E-state index >= 15 is 0 Å². The maximum Gasteiger partial charge on any atom is 0.387 e. The number of alkyl halides is 2. The molecule has 1 aliphatic rings. The predicted octanol–water partition coefficient (Wildman–Crippen LogP) is 2.19. The molecule has 0 bridgehead atoms. The summed E-state index contributed by atoms with van der Waals surface area (Å²) in [5.74, 6) is 0.315. The fourth-order valence-electron chi connectivity index (χ4n) is 3.21. The number of benzene rings is 1. The highest BCUT2D eigenvalue weighted by Crippen LogP contribution is 2.17. The van der Waals surface area contributed by atoms with Crippen LogP contribution >= 0.6 is 0 Å². The minimum atomic E-state index is -2.94. The van der Waals surface area contributed by atoms with E-state index in [0.717, 1.165) is 12.2 Å². The molecule has 0 radical (unpaired) electrons. The summed E-state index contributed by atoms with van der Waals surface area (Å²) in [5, 5.41) is 7.29. The number of nitrogens with one attached hydrogen (secondary N) is 1. The number of carbonyl (C=O) groups is 1. The molecule has 1 amide bonds. The molecule has 1 aliphatic heterocycles. The van der Waals surface area contributed by atoms with Gasteiger partial charge in [0.2, 0.25) is 0 Å². The maximum atomic E-state index is 12.4. The van der Waals surface area contributed by atoms with Crippen LogP contribution in [0.3, 0.4) is 0 Å². The molecule has 0 spiro atoms. The summed E-state index contributed by atoms with van der Waals surface area (Å²) >= 11 is 0. The number of hydrogen-bond acceptors (Lipinski definition) is 4. The summed E-state index contributed by atoms with van der Waals surface area (Å²) in [6, 6.07) is 5.56. The van der Waals surface area contributed by atoms with E-state index in [0.29, 0.717) is 32.4 Å². The number of nitrogens with zero attached hydrogens (tertiary/aromatic N) is 3. The number of carbonyl (C=O) groups excluding carboxylic acids is 1. The van der Waals surface area contributed by atoms with Gasteiger partial charge < -0.3 is 10.1 Å². The van der Waals surface area contributed by atoms with Crippen LogP contribution in [0, 0.1) is 0 Å². The quantitative estimate of drug-likeness (QED) is 0.833. The zero-order chi connectivity index (χ0) is 19.4. The lowest BCUT2D eigenvalue weighted by Gasteiger charge is -2.16. The van der Waals surface area contributed by atoms with Gasteiger partial charge in [0, 0.05) is 31.1 Å². The number of rotatable bonds is 6. The van der Waals surface area contributed by atoms with Gasteiger partial charge in [0.1, 0.15) is 11.6 Å². The third kappa shape index (κ3) is 4.53. The lowest BCUT2D eigenvalue weighted by molar-refractivity contribution is -0.0498. The number of ether oxygens (including phenoxy) is 1. The maximum absolute atomic E-state index is 12.4. The van der Waals surface area contributed by atoms with E-state index in [-0.39, 0.29) is 29.0 Å². The second-order valence-corrected chi connectivity index (χ2v) is 6.48. The summed E-state index contributed by atoms with van der Waals surface area (Å²) in [4.78, 5) is 24.8. The van der Waals surface area contributed by atoms with Crippen molar-refractivity contribution in [1.29, 1.82) is 0 Å². The van der Waals surface area contributed by atoms with Crippen molar-refractivity contribution >= 4 is 5.91 Å². The van der Waals surface area contributed by atoms with Crippen molar-refractivity contribution in [1.82, 2.24) is 19.7 Å². The zero-order valence-electron chi connectivity index (χ0n) is 15.0. The Hall–Kier alpha value is -2.71. The van der Waals surface area contributed by atoms with Crippen molar-refractivity contribution in [2.45, 2.75) is 58.3 Å². The van der Waals surface area contributed by atoms with Crippen LogP contribution in [0.5, 0.6) is 5.75 Å². The molecule has 9 heteroatoms. The van der Waals surface area contributed by atoms with Crippen LogP contribution in [0.2, 0.25) is 0 Å². The van der Waals surface area contributed by atoms with Crippen LogP contribution in [-0.2, 0) is 19.5 Å². The van der Waals surface area contributed by atoms with Gasteiger partial charge >= 0.3 is 12.3 Å². The van der Waals surface area contributed by atoms with Crippen molar-refractivity contribution < 1.29 is 18.3 Å². The molecule has 0 saturated heterocycles. The van der Waals surface area contributed by atoms with Gasteiger partial charge in [-0.1, -0.05) is 13.0 Å². The van der Waals surface area contributed by atoms with E-state index < -0.39 is 6.61 Å². The normalized spacial score (nSPS) is 16.7. The van der Waals surface area contributed by atoms with Crippen molar-refractivity contribution in [3.8, 4) is 5.75 Å². The van der Waals surface area contributed by atoms with E-state index in [2.05, 4.69) is 15.2 Å². The Morgan fingerprint density at radius 2 is 2.22 bits per heavy atom. The van der Waals surface area contributed by atoms with Crippen LogP contribution in [0.1, 0.15) is 42.4 Å². The first-order valence-electron chi connectivity index (χ1n) is 9.00. The highest BCUT2D eigenvalue weighted by atomic mass is 19.3. The summed E-state index contributed by atoms with van der Waals surface area (Å²) in [5.41, 5.74) is 0.135. The minimum absolute atomic E-state index is 0.0601. The van der Waals surface area contributed by atoms with Crippen LogP contribution in [0.4, 0.5) is 8.78 Å². The summed E-state index contributed by atoms with van der Waals surface area (Å²) in [7, 11) is 0. The Labute approximate surface area is 154 Å². The highest BCUT2D eigenvalue weighted by molar-refractivity contribution is 5.94. The second-order valence-electron chi connectivity index (χ2n) is 6.48. The number of hydrogen-bond donors (Lipinski definition) is 1. The van der Waals surface area contributed by atoms with Crippen molar-refractivity contribution in [3.63, 3.8) is 0 Å². The Bertz CT molecular complexity index is 863. The second kappa shape index (κ2) is 8.32. The first-order valence-corrected chi connectivity index (χ1v) is 9.00. The van der Waals surface area contributed by atoms with E-state index in [1.165, 1.54) is 22.9 Å². The van der Waals surface area contributed by atoms with Crippen LogP contribution < -0.4 is 15.7 Å². The van der Waals surface area contributed by atoms with E-state index in [1.54, 1.807) is 10.6 Å². The molecular formula is C18H22F2N4O3. The lowest BCUT2D eigenvalue weighted by atomic mass is 10.1. The predicted molar refractivity (Wildman–Crippen MR) is 94.0 cm³/mol. The largest absolute Gasteiger partial charge is 0.435 e. The summed E-state index contributed by atoms with van der Waals surface area (Å²) in [6.07, 6.45) is 2.68. The fraction of sp³-hybridized carbons (Fsp3) is 0.500. The molecule has 1 unspecified atom stereocenters. The third-order valence-corrected chi connectivity index (χ3v) is 4.51. The first kappa shape index (κ1) is 19.1. The van der Waals surface area contributed by atoms with Gasteiger partial charge in [-0.25, -0.2) is 9.48 Å². The summed E-state index contributed by atoms with van der Waals surface area (Å²) < 4.78 is 32.1. The Kier molecular flexibility index (Phi) is 5.88. The molecule has 7 nitrogen and oxygen atoms in total. The van der Waals surface area contributed by atoms with Gasteiger partial charge in [-0.3, -0.25) is 9.36 Å². The monoisotopic (exact) mass is 380 g/mol. The SMILES string of the molecule is CCCn1nc2n(c1=O)CCC(NC(=O)c1cccc(OC(F)F)c1)CC2. The van der Waals surface area contributed by atoms with Crippen molar-refractivity contribution in [3.05, 3.63) is 46.1 Å². The third-order valence-electron chi connectivity index (χ3n) is 4.51. The number of aryl methyl sites for hydroxylation is 2. The van der Waals surface area contributed by atoms with Gasteiger partial charge in [0.05, 0.1) is 0 Å². The van der Waals surface area contributed by atoms with Crippen molar-refractivity contribution in [2.75, 3.05) is 0 Å². The van der Waals surface area contributed by atoms with Gasteiger partial charge in [-0.05, 0) is 37.5 Å². The smallest absolute Gasteiger partial charge is 0.387 e. The molecule has 27 heavy (non-hydrogen) atoms. The number of fused-ring (bicyclic) bond motifs is 1. The molecule has 0 saturated carbocycles. The topological polar surface area (TPSA) is 78.2 Å². The zero-order valence-corrected chi connectivity index (χ0v) is 15.0. The van der Waals surface area contributed by atoms with E-state index in [1.807, 2.05) is 6.92 Å². The van der Waals surface area contributed by atoms with E-state index in [9.17, 15) is 18.4 Å². The Balaban J connectivity index is 1.64. The van der Waals surface area contributed by atoms with Gasteiger partial charge in [-0.15, -0.1) is 0 Å². The number of halogens is 2. The average molecular weight is 380 g/mol. The molecule has 1 aromatic carbocycles. The molecular weight excluding hydrogens is 358 g/mol. The number of amides is 1. The minimum Gasteiger partial charge on any atom is -0.435 e. The average Bonchev–Trinajstić information content (AvgIpc) is 2.79. The van der Waals surface area contributed by atoms with Gasteiger partial charge in [0.15, 0.2) is 0 Å². The Morgan fingerprint density at radius 1 is 1.41 bits per heavy atom. The van der Waals surface area contributed by atoms with E-state index in [4.69, 9.17) is 0 Å². The number of aromatic nitrogens is 3. The molecule has 0 aliphatic carbocycles. The molecule has 2 aromatic rings. The van der Waals surface area contributed by atoms with Gasteiger partial charge in [-0.2, -0.15) is 13.9 Å². The highest BCUT2D eigenvalue weighted by Gasteiger charge is 2.22. The molecule has 1 atom stereocenters. The molecule has 3 rings (SSSR count). The fourth-order valence-corrected chi connectivity index (χ4v) is 3.21.